The first-order chi connectivity index (χ1) is 5.24. The molecule has 1 saturated carbocycles. The minimum Gasteiger partial charge on any atom is -0.286 e. The lowest BCUT2D eigenvalue weighted by molar-refractivity contribution is 0.279. The minimum absolute atomic E-state index is 0.428. The lowest BCUT2D eigenvalue weighted by atomic mass is 9.75. The minimum atomic E-state index is 0.428. The third kappa shape index (κ3) is 2.83. The van der Waals surface area contributed by atoms with Crippen molar-refractivity contribution in [1.29, 1.82) is 5.41 Å². The Hall–Kier alpha value is -0.660. The van der Waals surface area contributed by atoms with Gasteiger partial charge in [0.25, 0.3) is 0 Å². The number of hydrogen-bond acceptors (Lipinski definition) is 1. The van der Waals surface area contributed by atoms with E-state index in [4.69, 9.17) is 5.41 Å². The summed E-state index contributed by atoms with van der Waals surface area (Å²) in [6.45, 7) is 9.52. The quantitative estimate of drug-likeness (QED) is 0.445. The second-order valence-corrected chi connectivity index (χ2v) is 2.82. The highest BCUT2D eigenvalue weighted by Crippen LogP contribution is 2.33. The van der Waals surface area contributed by atoms with E-state index in [2.05, 4.69) is 18.6 Å². The summed E-state index contributed by atoms with van der Waals surface area (Å²) in [5, 5.41) is 7.26. The summed E-state index contributed by atoms with van der Waals surface area (Å²) < 4.78 is 0. The molecule has 0 aliphatic heterocycles. The molecule has 0 aromatic carbocycles. The molecule has 0 aromatic heterocycles. The Morgan fingerprint density at radius 1 is 1.45 bits per heavy atom. The van der Waals surface area contributed by atoms with E-state index < -0.39 is 0 Å². The van der Waals surface area contributed by atoms with Crippen molar-refractivity contribution in [3.63, 3.8) is 0 Å². The van der Waals surface area contributed by atoms with Crippen LogP contribution in [0, 0.1) is 17.2 Å². The van der Waals surface area contributed by atoms with Crippen LogP contribution in [0.15, 0.2) is 4.99 Å². The smallest absolute Gasteiger partial charge is 0.122 e. The Morgan fingerprint density at radius 2 is 1.91 bits per heavy atom. The third-order valence-corrected chi connectivity index (χ3v) is 1.93. The van der Waals surface area contributed by atoms with Gasteiger partial charge in [0.1, 0.15) is 5.84 Å². The van der Waals surface area contributed by atoms with Gasteiger partial charge in [-0.15, -0.1) is 0 Å². The van der Waals surface area contributed by atoms with Gasteiger partial charge in [-0.25, -0.2) is 4.99 Å². The molecule has 0 aromatic rings. The molecule has 1 fully saturated rings. The van der Waals surface area contributed by atoms with E-state index in [1.54, 1.807) is 0 Å². The van der Waals surface area contributed by atoms with Crippen molar-refractivity contribution in [2.24, 2.45) is 16.8 Å². The maximum Gasteiger partial charge on any atom is 0.122 e. The maximum absolute atomic E-state index is 7.26. The Kier molecular flexibility index (Phi) is 4.75. The molecule has 0 unspecified atom stereocenters. The van der Waals surface area contributed by atoms with Gasteiger partial charge in [-0.3, -0.25) is 5.41 Å². The lowest BCUT2D eigenvalue weighted by Gasteiger charge is -2.31. The van der Waals surface area contributed by atoms with Crippen LogP contribution < -0.4 is 0 Å². The van der Waals surface area contributed by atoms with E-state index in [1.165, 1.54) is 0 Å². The summed E-state index contributed by atoms with van der Waals surface area (Å²) in [5.74, 6) is 1.71. The van der Waals surface area contributed by atoms with Crippen molar-refractivity contribution in [2.45, 2.75) is 33.6 Å². The Labute approximate surface area is 69.2 Å². The number of rotatable bonds is 1. The molecule has 0 bridgehead atoms. The highest BCUT2D eigenvalue weighted by molar-refractivity contribution is 5.86. The zero-order chi connectivity index (χ0) is 8.85. The summed E-state index contributed by atoms with van der Waals surface area (Å²) in [7, 11) is 0. The highest BCUT2D eigenvalue weighted by atomic mass is 14.8. The van der Waals surface area contributed by atoms with Crippen molar-refractivity contribution in [3.8, 4) is 0 Å². The zero-order valence-electron chi connectivity index (χ0n) is 7.72. The summed E-state index contributed by atoms with van der Waals surface area (Å²) >= 11 is 0. The van der Waals surface area contributed by atoms with Gasteiger partial charge in [0.05, 0.1) is 0 Å². The zero-order valence-corrected chi connectivity index (χ0v) is 7.72. The van der Waals surface area contributed by atoms with Crippen molar-refractivity contribution < 1.29 is 0 Å². The van der Waals surface area contributed by atoms with E-state index >= 15 is 0 Å². The van der Waals surface area contributed by atoms with E-state index in [0.29, 0.717) is 11.8 Å². The van der Waals surface area contributed by atoms with Crippen LogP contribution in [0.3, 0.4) is 0 Å². The number of hydrogen-bond donors (Lipinski definition) is 1. The van der Waals surface area contributed by atoms with Gasteiger partial charge < -0.3 is 0 Å². The molecular weight excluding hydrogens is 136 g/mol. The average Bonchev–Trinajstić information content (AvgIpc) is 2.01. The molecule has 0 saturated heterocycles. The topological polar surface area (TPSA) is 36.2 Å². The van der Waals surface area contributed by atoms with Crippen molar-refractivity contribution >= 4 is 12.6 Å². The molecule has 0 amide bonds. The van der Waals surface area contributed by atoms with Crippen LogP contribution in [0.1, 0.15) is 33.6 Å². The van der Waals surface area contributed by atoms with Crippen LogP contribution in [0.2, 0.25) is 0 Å². The maximum atomic E-state index is 7.26. The predicted octanol–water partition coefficient (Wildman–Crippen LogP) is 2.74. The Balaban J connectivity index is 0.000000461. The van der Waals surface area contributed by atoms with Crippen LogP contribution in [-0.4, -0.2) is 12.6 Å². The van der Waals surface area contributed by atoms with Crippen LogP contribution in [-0.2, 0) is 0 Å². The summed E-state index contributed by atoms with van der Waals surface area (Å²) in [5.41, 5.74) is 0. The molecule has 11 heavy (non-hydrogen) atoms. The average molecular weight is 154 g/mol. The summed E-state index contributed by atoms with van der Waals surface area (Å²) in [4.78, 5) is 3.58. The van der Waals surface area contributed by atoms with Crippen LogP contribution in [0.4, 0.5) is 0 Å². The molecule has 0 atom stereocenters. The Bertz CT molecular complexity index is 134. The molecular formula is C9H18N2. The standard InChI is InChI=1S/C7H12N2.C2H6/c1-5-3-6(4-5)7(8)9-2;1-2/h5-6,8H,2-4H2,1H3;1-2H3. The van der Waals surface area contributed by atoms with Gasteiger partial charge in [-0.1, -0.05) is 20.8 Å². The fraction of sp³-hybridized carbons (Fsp3) is 0.778. The molecule has 1 aliphatic rings. The number of nitrogens with zero attached hydrogens (tertiary/aromatic N) is 1. The highest BCUT2D eigenvalue weighted by Gasteiger charge is 2.28. The molecule has 0 heterocycles. The van der Waals surface area contributed by atoms with Crippen LogP contribution in [0.25, 0.3) is 0 Å². The van der Waals surface area contributed by atoms with E-state index in [9.17, 15) is 0 Å². The first-order valence-corrected chi connectivity index (χ1v) is 4.29. The first kappa shape index (κ1) is 10.3. The fourth-order valence-corrected chi connectivity index (χ4v) is 1.25. The molecule has 2 heteroatoms. The fourth-order valence-electron chi connectivity index (χ4n) is 1.25. The van der Waals surface area contributed by atoms with Crippen molar-refractivity contribution in [2.75, 3.05) is 0 Å². The third-order valence-electron chi connectivity index (χ3n) is 1.93. The van der Waals surface area contributed by atoms with Gasteiger partial charge in [-0.05, 0) is 25.5 Å². The first-order valence-electron chi connectivity index (χ1n) is 4.29. The second kappa shape index (κ2) is 5.05. The van der Waals surface area contributed by atoms with Gasteiger partial charge in [0.15, 0.2) is 0 Å². The SMILES string of the molecule is C=NC(=N)C1CC(C)C1.CC. The van der Waals surface area contributed by atoms with Crippen molar-refractivity contribution in [1.82, 2.24) is 0 Å². The summed E-state index contributed by atoms with van der Waals surface area (Å²) in [6.07, 6.45) is 2.27. The number of aliphatic imine (C=N–C) groups is 1. The molecule has 0 radical (unpaired) electrons. The van der Waals surface area contributed by atoms with Crippen molar-refractivity contribution in [3.05, 3.63) is 0 Å². The van der Waals surface area contributed by atoms with Crippen LogP contribution >= 0.6 is 0 Å². The molecule has 0 spiro atoms. The van der Waals surface area contributed by atoms with E-state index in [1.807, 2.05) is 13.8 Å². The molecule has 1 rings (SSSR count). The van der Waals surface area contributed by atoms with Crippen LogP contribution in [0.5, 0.6) is 0 Å². The Morgan fingerprint density at radius 3 is 2.18 bits per heavy atom. The van der Waals surface area contributed by atoms with Gasteiger partial charge in [0.2, 0.25) is 0 Å². The van der Waals surface area contributed by atoms with Gasteiger partial charge in [0, 0.05) is 5.92 Å². The normalized spacial score (nSPS) is 27.5. The lowest BCUT2D eigenvalue weighted by Crippen LogP contribution is -2.26. The largest absolute Gasteiger partial charge is 0.286 e. The predicted molar refractivity (Wildman–Crippen MR) is 50.5 cm³/mol. The van der Waals surface area contributed by atoms with E-state index in [-0.39, 0.29) is 0 Å². The van der Waals surface area contributed by atoms with Gasteiger partial charge in [-0.2, -0.15) is 0 Å². The molecule has 64 valence electrons. The number of amidine groups is 1. The number of nitrogens with one attached hydrogen (secondary N) is 1. The molecule has 1 N–H and O–H groups in total. The summed E-state index contributed by atoms with van der Waals surface area (Å²) in [6, 6.07) is 0. The monoisotopic (exact) mass is 154 g/mol. The van der Waals surface area contributed by atoms with E-state index in [0.717, 1.165) is 18.8 Å². The molecule has 2 nitrogen and oxygen atoms in total. The van der Waals surface area contributed by atoms with Gasteiger partial charge >= 0.3 is 0 Å². The molecule has 1 aliphatic carbocycles. The second-order valence-electron chi connectivity index (χ2n) is 2.82.